The number of hydrogen-bond donors (Lipinski definition) is 2. The minimum atomic E-state index is 0.596. The fraction of sp³-hybridized carbons (Fsp3) is 0.556. The van der Waals surface area contributed by atoms with Crippen LogP contribution in [0.3, 0.4) is 0 Å². The highest BCUT2D eigenvalue weighted by Gasteiger charge is 2.34. The molecule has 106 valence electrons. The van der Waals surface area contributed by atoms with Crippen LogP contribution >= 0.6 is 0 Å². The minimum Gasteiger partial charge on any atom is -0.382 e. The molecule has 3 atom stereocenters. The number of piperidine rings is 1. The van der Waals surface area contributed by atoms with Crippen LogP contribution in [0, 0.1) is 18.3 Å². The number of benzene rings is 1. The third-order valence-electron chi connectivity index (χ3n) is 4.82. The molecule has 3 unspecified atom stereocenters. The SMILES string of the molecule is C#Cc1cccc(NC2CCCC2C2CCCCN2)c1. The fourth-order valence-corrected chi connectivity index (χ4v) is 3.81. The van der Waals surface area contributed by atoms with Crippen LogP contribution < -0.4 is 10.6 Å². The fourth-order valence-electron chi connectivity index (χ4n) is 3.81. The van der Waals surface area contributed by atoms with Gasteiger partial charge in [-0.1, -0.05) is 24.8 Å². The van der Waals surface area contributed by atoms with E-state index in [4.69, 9.17) is 6.42 Å². The molecule has 1 aromatic carbocycles. The number of hydrogen-bond acceptors (Lipinski definition) is 2. The monoisotopic (exact) mass is 268 g/mol. The van der Waals surface area contributed by atoms with Gasteiger partial charge in [0.1, 0.15) is 0 Å². The zero-order valence-corrected chi connectivity index (χ0v) is 12.1. The zero-order chi connectivity index (χ0) is 13.8. The van der Waals surface area contributed by atoms with E-state index in [0.717, 1.165) is 11.5 Å². The summed E-state index contributed by atoms with van der Waals surface area (Å²) < 4.78 is 0. The van der Waals surface area contributed by atoms with Gasteiger partial charge in [-0.15, -0.1) is 6.42 Å². The van der Waals surface area contributed by atoms with Gasteiger partial charge >= 0.3 is 0 Å². The normalized spacial score (nSPS) is 29.9. The first-order valence-electron chi connectivity index (χ1n) is 7.93. The highest BCUT2D eigenvalue weighted by Crippen LogP contribution is 2.33. The van der Waals surface area contributed by atoms with Crippen LogP contribution in [-0.4, -0.2) is 18.6 Å². The highest BCUT2D eigenvalue weighted by molar-refractivity contribution is 5.50. The third kappa shape index (κ3) is 2.99. The van der Waals surface area contributed by atoms with E-state index in [1.165, 1.54) is 50.8 Å². The minimum absolute atomic E-state index is 0.596. The van der Waals surface area contributed by atoms with Crippen molar-refractivity contribution < 1.29 is 0 Å². The zero-order valence-electron chi connectivity index (χ0n) is 12.1. The lowest BCUT2D eigenvalue weighted by molar-refractivity contribution is 0.286. The van der Waals surface area contributed by atoms with Gasteiger partial charge in [-0.25, -0.2) is 0 Å². The van der Waals surface area contributed by atoms with Gasteiger partial charge in [-0.2, -0.15) is 0 Å². The summed E-state index contributed by atoms with van der Waals surface area (Å²) in [7, 11) is 0. The molecule has 2 nitrogen and oxygen atoms in total. The Morgan fingerprint density at radius 1 is 1.15 bits per heavy atom. The summed E-state index contributed by atoms with van der Waals surface area (Å²) >= 11 is 0. The molecule has 1 heterocycles. The topological polar surface area (TPSA) is 24.1 Å². The summed E-state index contributed by atoms with van der Waals surface area (Å²) in [6.07, 6.45) is 13.5. The summed E-state index contributed by atoms with van der Waals surface area (Å²) in [5.41, 5.74) is 2.13. The van der Waals surface area contributed by atoms with Gasteiger partial charge in [-0.05, 0) is 56.3 Å². The van der Waals surface area contributed by atoms with E-state index in [0.29, 0.717) is 12.1 Å². The second kappa shape index (κ2) is 6.33. The Labute approximate surface area is 122 Å². The van der Waals surface area contributed by atoms with Crippen LogP contribution in [0.4, 0.5) is 5.69 Å². The van der Waals surface area contributed by atoms with Crippen molar-refractivity contribution in [2.24, 2.45) is 5.92 Å². The van der Waals surface area contributed by atoms with Gasteiger partial charge in [0, 0.05) is 23.3 Å². The predicted molar refractivity (Wildman–Crippen MR) is 84.8 cm³/mol. The molecule has 2 fully saturated rings. The van der Waals surface area contributed by atoms with Crippen LogP contribution in [0.1, 0.15) is 44.1 Å². The quantitative estimate of drug-likeness (QED) is 0.821. The lowest BCUT2D eigenvalue weighted by atomic mass is 9.88. The van der Waals surface area contributed by atoms with Crippen LogP contribution in [-0.2, 0) is 0 Å². The Kier molecular flexibility index (Phi) is 4.28. The van der Waals surface area contributed by atoms with E-state index < -0.39 is 0 Å². The molecule has 0 aromatic heterocycles. The van der Waals surface area contributed by atoms with Crippen LogP contribution in [0.15, 0.2) is 24.3 Å². The molecule has 1 aliphatic carbocycles. The summed E-state index contributed by atoms with van der Waals surface area (Å²) in [4.78, 5) is 0. The molecule has 0 bridgehead atoms. The molecule has 1 saturated heterocycles. The van der Waals surface area contributed by atoms with Crippen molar-refractivity contribution in [2.45, 2.75) is 50.6 Å². The molecule has 2 aliphatic rings. The molecular weight excluding hydrogens is 244 g/mol. The Morgan fingerprint density at radius 3 is 2.90 bits per heavy atom. The molecule has 3 rings (SSSR count). The molecule has 1 aromatic rings. The van der Waals surface area contributed by atoms with Gasteiger partial charge in [0.2, 0.25) is 0 Å². The van der Waals surface area contributed by atoms with Gasteiger partial charge in [-0.3, -0.25) is 0 Å². The summed E-state index contributed by atoms with van der Waals surface area (Å²) in [6, 6.07) is 9.55. The number of terminal acetylenes is 1. The van der Waals surface area contributed by atoms with E-state index >= 15 is 0 Å². The number of anilines is 1. The van der Waals surface area contributed by atoms with Crippen LogP contribution in [0.2, 0.25) is 0 Å². The van der Waals surface area contributed by atoms with Gasteiger partial charge < -0.3 is 10.6 Å². The van der Waals surface area contributed by atoms with Crippen LogP contribution in [0.25, 0.3) is 0 Å². The maximum Gasteiger partial charge on any atom is 0.0354 e. The van der Waals surface area contributed by atoms with Gasteiger partial charge in [0.05, 0.1) is 0 Å². The lowest BCUT2D eigenvalue weighted by Crippen LogP contribution is -2.44. The Morgan fingerprint density at radius 2 is 2.10 bits per heavy atom. The molecule has 0 amide bonds. The number of nitrogens with one attached hydrogen (secondary N) is 2. The first-order valence-corrected chi connectivity index (χ1v) is 7.93. The average Bonchev–Trinajstić information content (AvgIpc) is 2.96. The maximum absolute atomic E-state index is 5.48. The lowest BCUT2D eigenvalue weighted by Gasteiger charge is -2.33. The molecule has 0 spiro atoms. The highest BCUT2D eigenvalue weighted by atomic mass is 15.0. The van der Waals surface area contributed by atoms with Crippen LogP contribution in [0.5, 0.6) is 0 Å². The van der Waals surface area contributed by atoms with E-state index in [2.05, 4.69) is 28.7 Å². The van der Waals surface area contributed by atoms with Gasteiger partial charge in [0.15, 0.2) is 0 Å². The van der Waals surface area contributed by atoms with E-state index in [1.807, 2.05) is 12.1 Å². The second-order valence-corrected chi connectivity index (χ2v) is 6.13. The molecule has 20 heavy (non-hydrogen) atoms. The Balaban J connectivity index is 1.67. The standard InChI is InChI=1S/C18H24N2/c1-2-14-7-5-8-15(13-14)20-18-11-6-9-16(18)17-10-3-4-12-19-17/h1,5,7-8,13,16-20H,3-4,6,9-12H2. The van der Waals surface area contributed by atoms with E-state index in [-0.39, 0.29) is 0 Å². The first-order chi connectivity index (χ1) is 9.86. The molecule has 1 saturated carbocycles. The summed E-state index contributed by atoms with van der Waals surface area (Å²) in [6.45, 7) is 1.19. The summed E-state index contributed by atoms with van der Waals surface area (Å²) in [5, 5.41) is 7.45. The summed E-state index contributed by atoms with van der Waals surface area (Å²) in [5.74, 6) is 3.48. The largest absolute Gasteiger partial charge is 0.382 e. The third-order valence-corrected chi connectivity index (χ3v) is 4.82. The predicted octanol–water partition coefficient (Wildman–Crippen LogP) is 3.39. The average molecular weight is 268 g/mol. The van der Waals surface area contributed by atoms with E-state index in [1.54, 1.807) is 0 Å². The van der Waals surface area contributed by atoms with Crippen molar-refractivity contribution in [3.05, 3.63) is 29.8 Å². The maximum atomic E-state index is 5.48. The van der Waals surface area contributed by atoms with Crippen molar-refractivity contribution in [1.29, 1.82) is 0 Å². The Bertz CT molecular complexity index is 482. The first kappa shape index (κ1) is 13.5. The smallest absolute Gasteiger partial charge is 0.0354 e. The van der Waals surface area contributed by atoms with Crippen molar-refractivity contribution in [3.63, 3.8) is 0 Å². The van der Waals surface area contributed by atoms with Gasteiger partial charge in [0.25, 0.3) is 0 Å². The Hall–Kier alpha value is -1.46. The molecule has 2 heteroatoms. The molecule has 0 radical (unpaired) electrons. The number of rotatable bonds is 3. The van der Waals surface area contributed by atoms with Crippen molar-refractivity contribution >= 4 is 5.69 Å². The molecule has 2 N–H and O–H groups in total. The second-order valence-electron chi connectivity index (χ2n) is 6.13. The van der Waals surface area contributed by atoms with Crippen molar-refractivity contribution in [3.8, 4) is 12.3 Å². The molecule has 1 aliphatic heterocycles. The van der Waals surface area contributed by atoms with Crippen molar-refractivity contribution in [2.75, 3.05) is 11.9 Å². The van der Waals surface area contributed by atoms with E-state index in [9.17, 15) is 0 Å². The van der Waals surface area contributed by atoms with Crippen molar-refractivity contribution in [1.82, 2.24) is 5.32 Å². The molecular formula is C18H24N2.